The Hall–Kier alpha value is -1.64. The van der Waals surface area contributed by atoms with Crippen LogP contribution in [0.1, 0.15) is 5.56 Å². The van der Waals surface area contributed by atoms with Gasteiger partial charge in [-0.05, 0) is 18.1 Å². The second-order valence-corrected chi connectivity index (χ2v) is 5.30. The molecule has 0 aliphatic heterocycles. The Labute approximate surface area is 110 Å². The summed E-state index contributed by atoms with van der Waals surface area (Å²) in [5.41, 5.74) is 1.33. The van der Waals surface area contributed by atoms with Crippen LogP contribution >= 0.6 is 11.3 Å². The van der Waals surface area contributed by atoms with Crippen LogP contribution in [0.4, 0.5) is 0 Å². The molecule has 0 saturated heterocycles. The molecule has 1 aromatic heterocycles. The van der Waals surface area contributed by atoms with E-state index in [9.17, 15) is 0 Å². The average Bonchev–Trinajstić information content (AvgIpc) is 2.79. The highest BCUT2D eigenvalue weighted by Crippen LogP contribution is 2.35. The van der Waals surface area contributed by atoms with Gasteiger partial charge in [0.2, 0.25) is 0 Å². The van der Waals surface area contributed by atoms with Gasteiger partial charge in [0, 0.05) is 20.2 Å². The molecular formula is C16H14OS. The normalized spacial score (nSPS) is 11.8. The highest BCUT2D eigenvalue weighted by Gasteiger charge is 2.06. The first-order valence-electron chi connectivity index (χ1n) is 6.05. The van der Waals surface area contributed by atoms with Crippen molar-refractivity contribution < 1.29 is 5.11 Å². The molecule has 0 amide bonds. The number of fused-ring (bicyclic) bond motifs is 3. The van der Waals surface area contributed by atoms with Crippen LogP contribution in [0.25, 0.3) is 20.2 Å². The predicted octanol–water partition coefficient (Wildman–Crippen LogP) is 4.15. The minimum absolute atomic E-state index is 0.113. The van der Waals surface area contributed by atoms with Crippen LogP contribution in [0.2, 0.25) is 0 Å². The zero-order chi connectivity index (χ0) is 12.4. The molecule has 18 heavy (non-hydrogen) atoms. The van der Waals surface area contributed by atoms with E-state index in [0.29, 0.717) is 0 Å². The molecule has 0 aliphatic rings. The van der Waals surface area contributed by atoms with E-state index in [1.54, 1.807) is 6.08 Å². The van der Waals surface area contributed by atoms with Gasteiger partial charge in [-0.3, -0.25) is 0 Å². The molecule has 2 aromatic carbocycles. The SMILES string of the molecule is OC/C=C/Cc1cccc2c1sc1ccccc12. The third-order valence-corrected chi connectivity index (χ3v) is 4.36. The van der Waals surface area contributed by atoms with Crippen molar-refractivity contribution in [2.45, 2.75) is 6.42 Å². The molecule has 0 spiro atoms. The Kier molecular flexibility index (Phi) is 3.13. The summed E-state index contributed by atoms with van der Waals surface area (Å²) in [4.78, 5) is 0. The molecule has 3 aromatic rings. The Morgan fingerprint density at radius 3 is 2.67 bits per heavy atom. The van der Waals surface area contributed by atoms with Gasteiger partial charge in [-0.25, -0.2) is 0 Å². The summed E-state index contributed by atoms with van der Waals surface area (Å²) >= 11 is 1.85. The topological polar surface area (TPSA) is 20.2 Å². The van der Waals surface area contributed by atoms with Crippen molar-refractivity contribution in [2.24, 2.45) is 0 Å². The van der Waals surface area contributed by atoms with Gasteiger partial charge in [-0.1, -0.05) is 48.6 Å². The molecule has 1 N–H and O–H groups in total. The standard InChI is InChI=1S/C16H14OS/c17-11-4-3-6-12-7-5-9-14-13-8-1-2-10-15(13)18-16(12)14/h1-5,7-10,17H,6,11H2/b4-3+. The molecule has 0 unspecified atom stereocenters. The number of aliphatic hydroxyl groups is 1. The fourth-order valence-corrected chi connectivity index (χ4v) is 3.48. The molecule has 0 fully saturated rings. The lowest BCUT2D eigenvalue weighted by Crippen LogP contribution is -1.81. The molecule has 2 heteroatoms. The zero-order valence-electron chi connectivity index (χ0n) is 9.97. The molecule has 3 rings (SSSR count). The van der Waals surface area contributed by atoms with Crippen molar-refractivity contribution >= 4 is 31.5 Å². The molecule has 0 radical (unpaired) electrons. The third-order valence-electron chi connectivity index (χ3n) is 3.10. The van der Waals surface area contributed by atoms with E-state index in [2.05, 4.69) is 42.5 Å². The Morgan fingerprint density at radius 2 is 1.78 bits per heavy atom. The summed E-state index contributed by atoms with van der Waals surface area (Å²) in [5.74, 6) is 0. The summed E-state index contributed by atoms with van der Waals surface area (Å²) in [6, 6.07) is 15.0. The number of aliphatic hydroxyl groups excluding tert-OH is 1. The van der Waals surface area contributed by atoms with Crippen LogP contribution < -0.4 is 0 Å². The lowest BCUT2D eigenvalue weighted by molar-refractivity contribution is 0.342. The summed E-state index contributed by atoms with van der Waals surface area (Å²) in [7, 11) is 0. The van der Waals surface area contributed by atoms with Crippen molar-refractivity contribution in [3.05, 3.63) is 60.2 Å². The van der Waals surface area contributed by atoms with Gasteiger partial charge in [0.25, 0.3) is 0 Å². The van der Waals surface area contributed by atoms with Gasteiger partial charge < -0.3 is 5.11 Å². The quantitative estimate of drug-likeness (QED) is 0.696. The molecule has 90 valence electrons. The molecule has 0 bridgehead atoms. The molecular weight excluding hydrogens is 240 g/mol. The lowest BCUT2D eigenvalue weighted by atomic mass is 10.1. The van der Waals surface area contributed by atoms with Gasteiger partial charge >= 0.3 is 0 Å². The Bertz CT molecular complexity index is 709. The van der Waals surface area contributed by atoms with Crippen molar-refractivity contribution in [3.63, 3.8) is 0 Å². The minimum Gasteiger partial charge on any atom is -0.392 e. The Balaban J connectivity index is 2.18. The van der Waals surface area contributed by atoms with E-state index >= 15 is 0 Å². The van der Waals surface area contributed by atoms with Crippen molar-refractivity contribution in [1.29, 1.82) is 0 Å². The number of thiophene rings is 1. The highest BCUT2D eigenvalue weighted by atomic mass is 32.1. The number of hydrogen-bond acceptors (Lipinski definition) is 2. The molecule has 0 atom stereocenters. The van der Waals surface area contributed by atoms with Crippen molar-refractivity contribution in [1.82, 2.24) is 0 Å². The third kappa shape index (κ3) is 1.94. The molecule has 0 saturated carbocycles. The first-order valence-corrected chi connectivity index (χ1v) is 6.87. The predicted molar refractivity (Wildman–Crippen MR) is 79.3 cm³/mol. The fourth-order valence-electron chi connectivity index (χ4n) is 2.25. The van der Waals surface area contributed by atoms with Crippen LogP contribution in [0.3, 0.4) is 0 Å². The van der Waals surface area contributed by atoms with Crippen LogP contribution in [-0.4, -0.2) is 11.7 Å². The monoisotopic (exact) mass is 254 g/mol. The first kappa shape index (κ1) is 11.5. The maximum absolute atomic E-state index is 8.79. The summed E-state index contributed by atoms with van der Waals surface area (Å²) < 4.78 is 2.70. The minimum atomic E-state index is 0.113. The highest BCUT2D eigenvalue weighted by molar-refractivity contribution is 7.26. The van der Waals surface area contributed by atoms with E-state index in [1.807, 2.05) is 17.4 Å². The van der Waals surface area contributed by atoms with Gasteiger partial charge in [-0.2, -0.15) is 0 Å². The number of allylic oxidation sites excluding steroid dienone is 1. The average molecular weight is 254 g/mol. The van der Waals surface area contributed by atoms with Gasteiger partial charge in [0.15, 0.2) is 0 Å². The number of hydrogen-bond donors (Lipinski definition) is 1. The van der Waals surface area contributed by atoms with Crippen LogP contribution in [0.5, 0.6) is 0 Å². The largest absolute Gasteiger partial charge is 0.392 e. The summed E-state index contributed by atoms with van der Waals surface area (Å²) in [6.45, 7) is 0.113. The second kappa shape index (κ2) is 4.92. The maximum atomic E-state index is 8.79. The van der Waals surface area contributed by atoms with E-state index < -0.39 is 0 Å². The molecule has 1 heterocycles. The number of rotatable bonds is 3. The Morgan fingerprint density at radius 1 is 0.944 bits per heavy atom. The molecule has 0 aliphatic carbocycles. The van der Waals surface area contributed by atoms with Crippen LogP contribution in [0.15, 0.2) is 54.6 Å². The number of benzene rings is 2. The van der Waals surface area contributed by atoms with Crippen molar-refractivity contribution in [2.75, 3.05) is 6.61 Å². The van der Waals surface area contributed by atoms with E-state index in [4.69, 9.17) is 5.11 Å². The lowest BCUT2D eigenvalue weighted by Gasteiger charge is -1.98. The summed E-state index contributed by atoms with van der Waals surface area (Å²) in [5, 5.41) is 11.5. The van der Waals surface area contributed by atoms with Crippen LogP contribution in [0, 0.1) is 0 Å². The second-order valence-electron chi connectivity index (χ2n) is 4.25. The van der Waals surface area contributed by atoms with E-state index in [0.717, 1.165) is 6.42 Å². The van der Waals surface area contributed by atoms with Gasteiger partial charge in [-0.15, -0.1) is 11.3 Å². The van der Waals surface area contributed by atoms with E-state index in [1.165, 1.54) is 25.7 Å². The fraction of sp³-hybridized carbons (Fsp3) is 0.125. The van der Waals surface area contributed by atoms with Crippen molar-refractivity contribution in [3.8, 4) is 0 Å². The van der Waals surface area contributed by atoms with Gasteiger partial charge in [0.1, 0.15) is 0 Å². The maximum Gasteiger partial charge on any atom is 0.0612 e. The molecule has 1 nitrogen and oxygen atoms in total. The summed E-state index contributed by atoms with van der Waals surface area (Å²) in [6.07, 6.45) is 4.70. The zero-order valence-corrected chi connectivity index (χ0v) is 10.8. The first-order chi connectivity index (χ1) is 8.90. The van der Waals surface area contributed by atoms with Crippen LogP contribution in [-0.2, 0) is 6.42 Å². The van der Waals surface area contributed by atoms with Gasteiger partial charge in [0.05, 0.1) is 6.61 Å². The van der Waals surface area contributed by atoms with E-state index in [-0.39, 0.29) is 6.61 Å². The smallest absolute Gasteiger partial charge is 0.0612 e.